The van der Waals surface area contributed by atoms with E-state index in [1.54, 1.807) is 18.3 Å². The molecule has 0 aliphatic heterocycles. The molecule has 0 spiro atoms. The average molecular weight is 395 g/mol. The third kappa shape index (κ3) is 5.23. The number of hydrogen-bond donors (Lipinski definition) is 2. The Morgan fingerprint density at radius 1 is 0.800 bits per heavy atom. The minimum absolute atomic E-state index is 0.197. The molecule has 0 aliphatic carbocycles. The highest BCUT2D eigenvalue weighted by Crippen LogP contribution is 2.23. The van der Waals surface area contributed by atoms with Gasteiger partial charge in [0.05, 0.1) is 0 Å². The molecule has 5 nitrogen and oxygen atoms in total. The summed E-state index contributed by atoms with van der Waals surface area (Å²) >= 11 is 0. The van der Waals surface area contributed by atoms with Crippen molar-refractivity contribution in [3.63, 3.8) is 0 Å². The first-order valence-corrected chi connectivity index (χ1v) is 9.64. The highest BCUT2D eigenvalue weighted by Gasteiger charge is 2.08. The first kappa shape index (κ1) is 19.2. The van der Waals surface area contributed by atoms with Crippen molar-refractivity contribution in [1.29, 1.82) is 0 Å². The van der Waals surface area contributed by atoms with Gasteiger partial charge in [-0.3, -0.25) is 4.79 Å². The maximum absolute atomic E-state index is 12.6. The van der Waals surface area contributed by atoms with Crippen molar-refractivity contribution in [2.75, 3.05) is 10.6 Å². The van der Waals surface area contributed by atoms with Crippen LogP contribution in [0.2, 0.25) is 0 Å². The lowest BCUT2D eigenvalue weighted by Crippen LogP contribution is -2.12. The third-order valence-electron chi connectivity index (χ3n) is 4.43. The van der Waals surface area contributed by atoms with Crippen molar-refractivity contribution in [3.05, 3.63) is 114 Å². The van der Waals surface area contributed by atoms with Gasteiger partial charge < -0.3 is 15.4 Å². The summed E-state index contributed by atoms with van der Waals surface area (Å²) in [5, 5.41) is 6.14. The fraction of sp³-hybridized carbons (Fsp3) is 0.0400. The van der Waals surface area contributed by atoms with Crippen LogP contribution in [0.5, 0.6) is 11.5 Å². The molecular weight excluding hydrogens is 374 g/mol. The van der Waals surface area contributed by atoms with Crippen molar-refractivity contribution in [2.24, 2.45) is 0 Å². The summed E-state index contributed by atoms with van der Waals surface area (Å²) in [4.78, 5) is 16.9. The van der Waals surface area contributed by atoms with E-state index in [4.69, 9.17) is 4.74 Å². The number of aromatic nitrogens is 1. The van der Waals surface area contributed by atoms with Crippen molar-refractivity contribution >= 4 is 17.4 Å². The van der Waals surface area contributed by atoms with E-state index in [0.717, 1.165) is 11.3 Å². The molecule has 0 atom stereocenters. The van der Waals surface area contributed by atoms with Gasteiger partial charge in [0.25, 0.3) is 5.91 Å². The van der Waals surface area contributed by atoms with E-state index in [1.807, 2.05) is 84.9 Å². The zero-order chi connectivity index (χ0) is 20.6. The van der Waals surface area contributed by atoms with E-state index in [0.29, 0.717) is 29.4 Å². The lowest BCUT2D eigenvalue weighted by atomic mass is 10.2. The number of pyridine rings is 1. The normalized spacial score (nSPS) is 10.3. The number of benzene rings is 3. The van der Waals surface area contributed by atoms with Gasteiger partial charge in [-0.05, 0) is 54.1 Å². The lowest BCUT2D eigenvalue weighted by molar-refractivity contribution is 0.102. The van der Waals surface area contributed by atoms with Crippen LogP contribution in [0.4, 0.5) is 11.5 Å². The Bertz CT molecular complexity index is 1100. The zero-order valence-corrected chi connectivity index (χ0v) is 16.3. The predicted octanol–water partition coefficient (Wildman–Crippen LogP) is 5.74. The van der Waals surface area contributed by atoms with E-state index in [-0.39, 0.29) is 5.91 Å². The topological polar surface area (TPSA) is 63.2 Å². The summed E-state index contributed by atoms with van der Waals surface area (Å²) in [6, 6.07) is 30.3. The number of hydrogen-bond acceptors (Lipinski definition) is 4. The quantitative estimate of drug-likeness (QED) is 0.419. The molecule has 148 valence electrons. The molecule has 0 aliphatic rings. The molecule has 3 aromatic carbocycles. The summed E-state index contributed by atoms with van der Waals surface area (Å²) < 4.78 is 5.77. The van der Waals surface area contributed by atoms with E-state index in [2.05, 4.69) is 15.6 Å². The number of amides is 1. The Morgan fingerprint density at radius 2 is 1.47 bits per heavy atom. The second-order valence-corrected chi connectivity index (χ2v) is 6.66. The molecule has 0 bridgehead atoms. The molecule has 4 rings (SSSR count). The monoisotopic (exact) mass is 395 g/mol. The summed E-state index contributed by atoms with van der Waals surface area (Å²) in [6.07, 6.45) is 1.62. The Labute approximate surface area is 175 Å². The average Bonchev–Trinajstić information content (AvgIpc) is 2.80. The van der Waals surface area contributed by atoms with Crippen LogP contribution in [-0.2, 0) is 6.54 Å². The van der Waals surface area contributed by atoms with Crippen LogP contribution in [0.1, 0.15) is 15.9 Å². The molecule has 30 heavy (non-hydrogen) atoms. The van der Waals surface area contributed by atoms with Crippen LogP contribution in [0.3, 0.4) is 0 Å². The highest BCUT2D eigenvalue weighted by molar-refractivity contribution is 6.04. The molecule has 0 saturated heterocycles. The summed E-state index contributed by atoms with van der Waals surface area (Å²) in [6.45, 7) is 0.641. The molecule has 1 heterocycles. The van der Waals surface area contributed by atoms with Gasteiger partial charge in [0, 0.05) is 24.0 Å². The van der Waals surface area contributed by atoms with Crippen LogP contribution in [0, 0.1) is 0 Å². The maximum Gasteiger partial charge on any atom is 0.255 e. The van der Waals surface area contributed by atoms with Crippen molar-refractivity contribution in [2.45, 2.75) is 6.54 Å². The molecule has 1 amide bonds. The molecule has 2 N–H and O–H groups in total. The number of anilines is 2. The minimum atomic E-state index is -0.197. The Morgan fingerprint density at radius 3 is 2.20 bits per heavy atom. The number of nitrogens with zero attached hydrogens (tertiary/aromatic N) is 1. The fourth-order valence-corrected chi connectivity index (χ4v) is 2.89. The number of para-hydroxylation sites is 1. The summed E-state index contributed by atoms with van der Waals surface area (Å²) in [7, 11) is 0. The van der Waals surface area contributed by atoms with E-state index in [1.165, 1.54) is 0 Å². The van der Waals surface area contributed by atoms with E-state index < -0.39 is 0 Å². The molecule has 5 heteroatoms. The van der Waals surface area contributed by atoms with Gasteiger partial charge in [0.2, 0.25) is 0 Å². The second-order valence-electron chi connectivity index (χ2n) is 6.66. The lowest BCUT2D eigenvalue weighted by Gasteiger charge is -2.09. The van der Waals surface area contributed by atoms with Gasteiger partial charge in [-0.15, -0.1) is 0 Å². The van der Waals surface area contributed by atoms with Crippen LogP contribution < -0.4 is 15.4 Å². The highest BCUT2D eigenvalue weighted by atomic mass is 16.5. The van der Waals surface area contributed by atoms with Crippen LogP contribution in [0.15, 0.2) is 103 Å². The number of nitrogens with one attached hydrogen (secondary N) is 2. The first-order chi connectivity index (χ1) is 14.8. The van der Waals surface area contributed by atoms with Crippen LogP contribution in [0.25, 0.3) is 0 Å². The Hall–Kier alpha value is -4.12. The number of carbonyl (C=O) groups is 1. The van der Waals surface area contributed by atoms with Gasteiger partial charge in [0.15, 0.2) is 0 Å². The molecule has 0 fully saturated rings. The molecular formula is C25H21N3O2. The van der Waals surface area contributed by atoms with Crippen LogP contribution >= 0.6 is 0 Å². The zero-order valence-electron chi connectivity index (χ0n) is 16.3. The Balaban J connectivity index is 1.36. The molecule has 4 aromatic rings. The summed E-state index contributed by atoms with van der Waals surface area (Å²) in [5.41, 5.74) is 2.37. The van der Waals surface area contributed by atoms with Gasteiger partial charge >= 0.3 is 0 Å². The van der Waals surface area contributed by atoms with Crippen LogP contribution in [-0.4, -0.2) is 10.9 Å². The van der Waals surface area contributed by atoms with Gasteiger partial charge in [-0.1, -0.05) is 48.5 Å². The van der Waals surface area contributed by atoms with Gasteiger partial charge in [-0.25, -0.2) is 4.98 Å². The predicted molar refractivity (Wildman–Crippen MR) is 119 cm³/mol. The molecule has 0 radical (unpaired) electrons. The van der Waals surface area contributed by atoms with E-state index >= 15 is 0 Å². The molecule has 1 aromatic heterocycles. The standard InChI is InChI=1S/C25H21N3O2/c29-25(20-15-16-26-24(17-20)27-18-19-7-3-1-4-8-19)28-21-11-13-23(14-12-21)30-22-9-5-2-6-10-22/h1-17H,18H2,(H,26,27)(H,28,29). The molecule has 0 unspecified atom stereocenters. The van der Waals surface area contributed by atoms with Gasteiger partial charge in [0.1, 0.15) is 17.3 Å². The smallest absolute Gasteiger partial charge is 0.255 e. The number of carbonyl (C=O) groups excluding carboxylic acids is 1. The molecule has 0 saturated carbocycles. The first-order valence-electron chi connectivity index (χ1n) is 9.64. The Kier molecular flexibility index (Phi) is 6.01. The van der Waals surface area contributed by atoms with Crippen molar-refractivity contribution < 1.29 is 9.53 Å². The fourth-order valence-electron chi connectivity index (χ4n) is 2.89. The number of ether oxygens (including phenoxy) is 1. The SMILES string of the molecule is O=C(Nc1ccc(Oc2ccccc2)cc1)c1ccnc(NCc2ccccc2)c1. The van der Waals surface area contributed by atoms with Crippen molar-refractivity contribution in [1.82, 2.24) is 4.98 Å². The summed E-state index contributed by atoms with van der Waals surface area (Å²) in [5.74, 6) is 1.92. The van der Waals surface area contributed by atoms with Gasteiger partial charge in [-0.2, -0.15) is 0 Å². The minimum Gasteiger partial charge on any atom is -0.457 e. The third-order valence-corrected chi connectivity index (χ3v) is 4.43. The largest absolute Gasteiger partial charge is 0.457 e. The number of rotatable bonds is 7. The van der Waals surface area contributed by atoms with Crippen molar-refractivity contribution in [3.8, 4) is 11.5 Å². The maximum atomic E-state index is 12.6. The second kappa shape index (κ2) is 9.39. The van der Waals surface area contributed by atoms with E-state index in [9.17, 15) is 4.79 Å².